The normalized spacial score (nSPS) is 11.4. The first-order chi connectivity index (χ1) is 8.40. The number of ether oxygens (including phenoxy) is 1. The van der Waals surface area contributed by atoms with Crippen molar-refractivity contribution in [2.24, 2.45) is 5.73 Å². The van der Waals surface area contributed by atoms with Gasteiger partial charge in [0.1, 0.15) is 11.8 Å². The number of rotatable bonds is 4. The largest absolute Gasteiger partial charge is 0.427 e. The second-order valence-electron chi connectivity index (χ2n) is 3.72. The predicted octanol–water partition coefficient (Wildman–Crippen LogP) is 0.215. The van der Waals surface area contributed by atoms with Crippen LogP contribution in [0.5, 0.6) is 5.75 Å². The van der Waals surface area contributed by atoms with Gasteiger partial charge in [-0.15, -0.1) is 0 Å². The van der Waals surface area contributed by atoms with Crippen molar-refractivity contribution in [2.75, 3.05) is 0 Å². The Morgan fingerprint density at radius 2 is 1.78 bits per heavy atom. The van der Waals surface area contributed by atoms with Crippen LogP contribution in [-0.4, -0.2) is 23.8 Å². The highest BCUT2D eigenvalue weighted by Crippen LogP contribution is 2.12. The summed E-state index contributed by atoms with van der Waals surface area (Å²) in [5.41, 5.74) is 5.38. The number of nitrogens with one attached hydrogen (secondary N) is 1. The zero-order valence-electron chi connectivity index (χ0n) is 10.1. The quantitative estimate of drug-likeness (QED) is 0.589. The average Bonchev–Trinajstić information content (AvgIpc) is 2.28. The smallest absolute Gasteiger partial charge is 0.308 e. The molecule has 18 heavy (non-hydrogen) atoms. The number of primary amides is 1. The van der Waals surface area contributed by atoms with Gasteiger partial charge in [-0.3, -0.25) is 14.4 Å². The molecule has 0 aromatic heterocycles. The first-order valence-electron chi connectivity index (χ1n) is 5.29. The van der Waals surface area contributed by atoms with Gasteiger partial charge in [0.05, 0.1) is 0 Å². The number of carbonyl (C=O) groups is 3. The molecule has 2 amide bonds. The van der Waals surface area contributed by atoms with Gasteiger partial charge in [-0.25, -0.2) is 0 Å². The third-order valence-electron chi connectivity index (χ3n) is 2.15. The van der Waals surface area contributed by atoms with Crippen molar-refractivity contribution < 1.29 is 19.1 Å². The van der Waals surface area contributed by atoms with Gasteiger partial charge < -0.3 is 15.8 Å². The molecule has 0 saturated carbocycles. The molecular formula is C12H14N2O4. The van der Waals surface area contributed by atoms with Crippen LogP contribution in [0.3, 0.4) is 0 Å². The molecule has 0 aliphatic rings. The van der Waals surface area contributed by atoms with Crippen LogP contribution in [0.1, 0.15) is 24.2 Å². The van der Waals surface area contributed by atoms with E-state index in [0.717, 1.165) is 0 Å². The van der Waals surface area contributed by atoms with Gasteiger partial charge in [-0.1, -0.05) is 0 Å². The molecule has 0 aliphatic carbocycles. The lowest BCUT2D eigenvalue weighted by atomic mass is 10.2. The Hall–Kier alpha value is -2.37. The summed E-state index contributed by atoms with van der Waals surface area (Å²) in [6, 6.07) is 5.21. The van der Waals surface area contributed by atoms with Gasteiger partial charge in [0, 0.05) is 12.5 Å². The van der Waals surface area contributed by atoms with E-state index in [1.807, 2.05) is 0 Å². The van der Waals surface area contributed by atoms with E-state index in [4.69, 9.17) is 10.5 Å². The molecule has 0 saturated heterocycles. The van der Waals surface area contributed by atoms with E-state index < -0.39 is 23.8 Å². The topological polar surface area (TPSA) is 98.5 Å². The number of esters is 1. The second-order valence-corrected chi connectivity index (χ2v) is 3.72. The molecular weight excluding hydrogens is 236 g/mol. The van der Waals surface area contributed by atoms with Gasteiger partial charge in [-0.2, -0.15) is 0 Å². The lowest BCUT2D eigenvalue weighted by Crippen LogP contribution is -2.42. The highest BCUT2D eigenvalue weighted by molar-refractivity contribution is 5.97. The predicted molar refractivity (Wildman–Crippen MR) is 63.9 cm³/mol. The van der Waals surface area contributed by atoms with E-state index in [2.05, 4.69) is 5.32 Å². The van der Waals surface area contributed by atoms with Crippen LogP contribution in [0.4, 0.5) is 0 Å². The lowest BCUT2D eigenvalue weighted by Gasteiger charge is -2.10. The van der Waals surface area contributed by atoms with Gasteiger partial charge in [0.15, 0.2) is 0 Å². The Bertz CT molecular complexity index is 467. The highest BCUT2D eigenvalue weighted by Gasteiger charge is 2.13. The molecule has 0 fully saturated rings. The molecule has 6 nitrogen and oxygen atoms in total. The number of carbonyl (C=O) groups excluding carboxylic acids is 3. The number of hydrogen-bond acceptors (Lipinski definition) is 4. The van der Waals surface area contributed by atoms with Gasteiger partial charge >= 0.3 is 5.97 Å². The molecule has 0 spiro atoms. The Labute approximate surface area is 104 Å². The van der Waals surface area contributed by atoms with E-state index in [9.17, 15) is 14.4 Å². The number of amides is 2. The van der Waals surface area contributed by atoms with Crippen molar-refractivity contribution >= 4 is 17.8 Å². The van der Waals surface area contributed by atoms with Crippen molar-refractivity contribution in [2.45, 2.75) is 19.9 Å². The third-order valence-corrected chi connectivity index (χ3v) is 2.15. The number of hydrogen-bond donors (Lipinski definition) is 2. The molecule has 1 rings (SSSR count). The summed E-state index contributed by atoms with van der Waals surface area (Å²) >= 11 is 0. The summed E-state index contributed by atoms with van der Waals surface area (Å²) in [6.45, 7) is 2.78. The van der Waals surface area contributed by atoms with Crippen LogP contribution in [0.15, 0.2) is 24.3 Å². The molecule has 1 aromatic carbocycles. The summed E-state index contributed by atoms with van der Waals surface area (Å²) in [4.78, 5) is 33.2. The monoisotopic (exact) mass is 250 g/mol. The third kappa shape index (κ3) is 3.89. The Morgan fingerprint density at radius 3 is 2.22 bits per heavy atom. The molecule has 0 bridgehead atoms. The minimum atomic E-state index is -0.745. The van der Waals surface area contributed by atoms with Crippen molar-refractivity contribution in [1.29, 1.82) is 0 Å². The second kappa shape index (κ2) is 5.81. The van der Waals surface area contributed by atoms with Gasteiger partial charge in [0.2, 0.25) is 5.91 Å². The Balaban J connectivity index is 2.70. The van der Waals surface area contributed by atoms with E-state index in [1.54, 1.807) is 0 Å². The molecule has 1 aromatic rings. The van der Waals surface area contributed by atoms with E-state index >= 15 is 0 Å². The molecule has 6 heteroatoms. The van der Waals surface area contributed by atoms with Crippen LogP contribution in [0.2, 0.25) is 0 Å². The maximum absolute atomic E-state index is 11.7. The highest BCUT2D eigenvalue weighted by atomic mass is 16.5. The fourth-order valence-corrected chi connectivity index (χ4v) is 1.19. The zero-order chi connectivity index (χ0) is 13.7. The van der Waals surface area contributed by atoms with Crippen LogP contribution in [0.25, 0.3) is 0 Å². The minimum Gasteiger partial charge on any atom is -0.427 e. The Morgan fingerprint density at radius 1 is 1.22 bits per heavy atom. The molecule has 96 valence electrons. The van der Waals surface area contributed by atoms with Crippen LogP contribution in [-0.2, 0) is 9.59 Å². The van der Waals surface area contributed by atoms with E-state index in [-0.39, 0.29) is 0 Å². The molecule has 3 N–H and O–H groups in total. The van der Waals surface area contributed by atoms with Crippen LogP contribution >= 0.6 is 0 Å². The summed E-state index contributed by atoms with van der Waals surface area (Å²) in [7, 11) is 0. The minimum absolute atomic E-state index is 0.346. The summed E-state index contributed by atoms with van der Waals surface area (Å²) < 4.78 is 4.82. The van der Waals surface area contributed by atoms with Crippen LogP contribution < -0.4 is 15.8 Å². The van der Waals surface area contributed by atoms with Gasteiger partial charge in [0.25, 0.3) is 5.91 Å². The molecule has 0 aliphatic heterocycles. The first kappa shape index (κ1) is 13.7. The molecule has 1 atom stereocenters. The number of nitrogens with two attached hydrogens (primary N) is 1. The lowest BCUT2D eigenvalue weighted by molar-refractivity contribution is -0.131. The summed E-state index contributed by atoms with van der Waals surface area (Å²) in [5.74, 6) is -1.12. The zero-order valence-corrected chi connectivity index (χ0v) is 10.1. The molecule has 0 unspecified atom stereocenters. The maximum atomic E-state index is 11.7. The fourth-order valence-electron chi connectivity index (χ4n) is 1.19. The van der Waals surface area contributed by atoms with E-state index in [1.165, 1.54) is 38.1 Å². The SMILES string of the molecule is CC(=O)Oc1ccc(C(=O)N[C@@H](C)C(N)=O)cc1. The first-order valence-corrected chi connectivity index (χ1v) is 5.29. The Kier molecular flexibility index (Phi) is 4.42. The summed E-state index contributed by atoms with van der Waals surface area (Å²) in [6.07, 6.45) is 0. The molecule has 0 heterocycles. The molecule has 0 radical (unpaired) electrons. The fraction of sp³-hybridized carbons (Fsp3) is 0.250. The van der Waals surface area contributed by atoms with Crippen LogP contribution in [0, 0.1) is 0 Å². The van der Waals surface area contributed by atoms with Crippen molar-refractivity contribution in [3.8, 4) is 5.75 Å². The number of benzene rings is 1. The summed E-state index contributed by atoms with van der Waals surface area (Å²) in [5, 5.41) is 2.43. The van der Waals surface area contributed by atoms with Crippen molar-refractivity contribution in [3.63, 3.8) is 0 Å². The van der Waals surface area contributed by atoms with E-state index in [0.29, 0.717) is 11.3 Å². The van der Waals surface area contributed by atoms with Crippen molar-refractivity contribution in [1.82, 2.24) is 5.32 Å². The maximum Gasteiger partial charge on any atom is 0.308 e. The van der Waals surface area contributed by atoms with Gasteiger partial charge in [-0.05, 0) is 31.2 Å². The van der Waals surface area contributed by atoms with Crippen molar-refractivity contribution in [3.05, 3.63) is 29.8 Å². The average molecular weight is 250 g/mol. The standard InChI is InChI=1S/C12H14N2O4/c1-7(11(13)16)14-12(17)9-3-5-10(6-4-9)18-8(2)15/h3-7H,1-2H3,(H2,13,16)(H,14,17)/t7-/m0/s1.